The van der Waals surface area contributed by atoms with Gasteiger partial charge in [0.2, 0.25) is 0 Å². The maximum Gasteiger partial charge on any atom is 0.417 e. The van der Waals surface area contributed by atoms with E-state index >= 15 is 0 Å². The van der Waals surface area contributed by atoms with Gasteiger partial charge in [-0.25, -0.2) is 0 Å². The SMILES string of the molecule is O=C(O)CC1CCc2cc(SCc3ccc(-c4ccc(C(F)(F)F)cn4)cc3)ccc2O1. The summed E-state index contributed by atoms with van der Waals surface area (Å²) >= 11 is 1.67. The zero-order valence-electron chi connectivity index (χ0n) is 16.9. The number of thioether (sulfide) groups is 1. The molecule has 1 aromatic heterocycles. The molecule has 166 valence electrons. The topological polar surface area (TPSA) is 59.4 Å². The Bertz CT molecular complexity index is 1100. The van der Waals surface area contributed by atoms with Crippen molar-refractivity contribution in [3.8, 4) is 17.0 Å². The number of carbonyl (C=O) groups is 1. The van der Waals surface area contributed by atoms with E-state index in [-0.39, 0.29) is 12.5 Å². The third-order valence-corrected chi connectivity index (χ3v) is 6.27. The zero-order valence-corrected chi connectivity index (χ0v) is 17.7. The largest absolute Gasteiger partial charge is 0.490 e. The van der Waals surface area contributed by atoms with Gasteiger partial charge >= 0.3 is 12.1 Å². The summed E-state index contributed by atoms with van der Waals surface area (Å²) in [4.78, 5) is 15.9. The standard InChI is InChI=1S/C24H20F3NO3S/c25-24(26,27)18-6-9-21(28-13-18)16-3-1-15(2-4-16)14-32-20-8-10-22-17(11-20)5-7-19(31-22)12-23(29)30/h1-4,6,8-11,13,19H,5,7,12,14H2,(H,29,30). The van der Waals surface area contributed by atoms with E-state index < -0.39 is 17.7 Å². The van der Waals surface area contributed by atoms with Crippen molar-refractivity contribution in [3.05, 3.63) is 77.5 Å². The maximum absolute atomic E-state index is 12.7. The molecule has 0 radical (unpaired) electrons. The quantitative estimate of drug-likeness (QED) is 0.443. The van der Waals surface area contributed by atoms with Crippen LogP contribution in [0.2, 0.25) is 0 Å². The molecule has 0 saturated heterocycles. The van der Waals surface area contributed by atoms with Gasteiger partial charge in [0, 0.05) is 22.4 Å². The van der Waals surface area contributed by atoms with Crippen molar-refractivity contribution in [3.63, 3.8) is 0 Å². The fraction of sp³-hybridized carbons (Fsp3) is 0.250. The van der Waals surface area contributed by atoms with Crippen LogP contribution in [0.25, 0.3) is 11.3 Å². The van der Waals surface area contributed by atoms with E-state index in [0.717, 1.165) is 51.8 Å². The molecule has 1 N–H and O–H groups in total. The lowest BCUT2D eigenvalue weighted by molar-refractivity contribution is -0.139. The van der Waals surface area contributed by atoms with Gasteiger partial charge < -0.3 is 9.84 Å². The second kappa shape index (κ2) is 9.24. The summed E-state index contributed by atoms with van der Waals surface area (Å²) in [5, 5.41) is 8.93. The molecular weight excluding hydrogens is 439 g/mol. The molecule has 0 saturated carbocycles. The lowest BCUT2D eigenvalue weighted by Gasteiger charge is -2.25. The van der Waals surface area contributed by atoms with Crippen molar-refractivity contribution in [1.82, 2.24) is 4.98 Å². The molecule has 0 amide bonds. The number of nitrogens with zero attached hydrogens (tertiary/aromatic N) is 1. The minimum Gasteiger partial charge on any atom is -0.490 e. The van der Waals surface area contributed by atoms with E-state index in [1.807, 2.05) is 36.4 Å². The number of ether oxygens (including phenoxy) is 1. The number of hydrogen-bond donors (Lipinski definition) is 1. The van der Waals surface area contributed by atoms with Crippen LogP contribution in [0.5, 0.6) is 5.75 Å². The molecule has 0 aliphatic carbocycles. The Kier molecular flexibility index (Phi) is 6.41. The predicted octanol–water partition coefficient (Wildman–Crippen LogP) is 6.23. The highest BCUT2D eigenvalue weighted by Gasteiger charge is 2.30. The Morgan fingerprint density at radius 3 is 2.56 bits per heavy atom. The summed E-state index contributed by atoms with van der Waals surface area (Å²) in [6, 6.07) is 16.0. The van der Waals surface area contributed by atoms with E-state index in [1.165, 1.54) is 6.07 Å². The molecule has 2 aromatic carbocycles. The minimum atomic E-state index is -4.39. The summed E-state index contributed by atoms with van der Waals surface area (Å²) in [7, 11) is 0. The second-order valence-electron chi connectivity index (χ2n) is 7.56. The van der Waals surface area contributed by atoms with Crippen LogP contribution in [0.15, 0.2) is 65.7 Å². The number of benzene rings is 2. The third-order valence-electron chi connectivity index (χ3n) is 5.21. The lowest BCUT2D eigenvalue weighted by Crippen LogP contribution is -2.25. The number of fused-ring (bicyclic) bond motifs is 1. The summed E-state index contributed by atoms with van der Waals surface area (Å²) in [6.07, 6.45) is -2.34. The molecule has 8 heteroatoms. The highest BCUT2D eigenvalue weighted by Crippen LogP contribution is 2.34. The molecule has 32 heavy (non-hydrogen) atoms. The fourth-order valence-corrected chi connectivity index (χ4v) is 4.44. The number of hydrogen-bond acceptors (Lipinski definition) is 4. The first kappa shape index (κ1) is 22.2. The highest BCUT2D eigenvalue weighted by molar-refractivity contribution is 7.98. The van der Waals surface area contributed by atoms with Gasteiger partial charge in [-0.3, -0.25) is 9.78 Å². The fourth-order valence-electron chi connectivity index (χ4n) is 3.52. The van der Waals surface area contributed by atoms with E-state index in [4.69, 9.17) is 9.84 Å². The Morgan fingerprint density at radius 2 is 1.91 bits per heavy atom. The van der Waals surface area contributed by atoms with E-state index in [9.17, 15) is 18.0 Å². The number of alkyl halides is 3. The van der Waals surface area contributed by atoms with Gasteiger partial charge in [0.15, 0.2) is 0 Å². The number of carboxylic acids is 1. The van der Waals surface area contributed by atoms with Gasteiger partial charge in [0.1, 0.15) is 11.9 Å². The van der Waals surface area contributed by atoms with Gasteiger partial charge in [-0.2, -0.15) is 13.2 Å². The van der Waals surface area contributed by atoms with E-state index in [0.29, 0.717) is 12.1 Å². The number of aryl methyl sites for hydroxylation is 1. The van der Waals surface area contributed by atoms with Crippen LogP contribution in [0.3, 0.4) is 0 Å². The second-order valence-corrected chi connectivity index (χ2v) is 8.61. The molecule has 0 bridgehead atoms. The smallest absolute Gasteiger partial charge is 0.417 e. The number of aromatic nitrogens is 1. The van der Waals surface area contributed by atoms with Crippen molar-refractivity contribution in [2.45, 2.75) is 42.2 Å². The van der Waals surface area contributed by atoms with Gasteiger partial charge in [0.05, 0.1) is 17.7 Å². The Balaban J connectivity index is 1.36. The van der Waals surface area contributed by atoms with Gasteiger partial charge in [-0.05, 0) is 54.3 Å². The highest BCUT2D eigenvalue weighted by atomic mass is 32.2. The van der Waals surface area contributed by atoms with Crippen LogP contribution in [-0.4, -0.2) is 22.2 Å². The van der Waals surface area contributed by atoms with Crippen LogP contribution in [0, 0.1) is 0 Å². The molecule has 4 nitrogen and oxygen atoms in total. The number of carboxylic acid groups (broad SMARTS) is 1. The summed E-state index contributed by atoms with van der Waals surface area (Å²) < 4.78 is 43.8. The Hall–Kier alpha value is -3.00. The van der Waals surface area contributed by atoms with Crippen molar-refractivity contribution in [2.75, 3.05) is 0 Å². The normalized spacial score (nSPS) is 15.7. The molecule has 0 spiro atoms. The number of pyridine rings is 1. The number of halogens is 3. The van der Waals surface area contributed by atoms with Gasteiger partial charge in [0.25, 0.3) is 0 Å². The first-order valence-corrected chi connectivity index (χ1v) is 11.0. The molecule has 0 fully saturated rings. The van der Waals surface area contributed by atoms with Crippen LogP contribution in [-0.2, 0) is 23.1 Å². The van der Waals surface area contributed by atoms with Crippen molar-refractivity contribution < 1.29 is 27.8 Å². The predicted molar refractivity (Wildman–Crippen MR) is 116 cm³/mol. The van der Waals surface area contributed by atoms with Crippen molar-refractivity contribution >= 4 is 17.7 Å². The van der Waals surface area contributed by atoms with Crippen molar-refractivity contribution in [1.29, 1.82) is 0 Å². The number of aliphatic carboxylic acids is 1. The Morgan fingerprint density at radius 1 is 1.12 bits per heavy atom. The summed E-state index contributed by atoms with van der Waals surface area (Å²) in [6.45, 7) is 0. The average Bonchev–Trinajstić information content (AvgIpc) is 2.77. The van der Waals surface area contributed by atoms with Crippen LogP contribution in [0.1, 0.15) is 29.5 Å². The minimum absolute atomic E-state index is 0.00787. The molecule has 1 unspecified atom stereocenters. The molecular formula is C24H20F3NO3S. The van der Waals surface area contributed by atoms with Crippen LogP contribution in [0.4, 0.5) is 13.2 Å². The van der Waals surface area contributed by atoms with E-state index in [1.54, 1.807) is 11.8 Å². The molecule has 3 aromatic rings. The molecule has 1 aliphatic rings. The molecule has 1 atom stereocenters. The lowest BCUT2D eigenvalue weighted by atomic mass is 10.0. The van der Waals surface area contributed by atoms with Gasteiger partial charge in [-0.15, -0.1) is 11.8 Å². The summed E-state index contributed by atoms with van der Waals surface area (Å²) in [5.41, 5.74) is 2.66. The number of rotatable bonds is 6. The zero-order chi connectivity index (χ0) is 22.7. The first-order valence-electron chi connectivity index (χ1n) is 10.0. The van der Waals surface area contributed by atoms with Crippen LogP contribution < -0.4 is 4.74 Å². The average molecular weight is 459 g/mol. The Labute approximate surface area is 187 Å². The summed E-state index contributed by atoms with van der Waals surface area (Å²) in [5.74, 6) is 0.633. The first-order chi connectivity index (χ1) is 15.3. The van der Waals surface area contributed by atoms with Crippen molar-refractivity contribution in [2.24, 2.45) is 0 Å². The molecule has 1 aliphatic heterocycles. The molecule has 4 rings (SSSR count). The molecule has 2 heterocycles. The van der Waals surface area contributed by atoms with Gasteiger partial charge in [-0.1, -0.05) is 24.3 Å². The monoisotopic (exact) mass is 459 g/mol. The van der Waals surface area contributed by atoms with E-state index in [2.05, 4.69) is 11.1 Å². The third kappa shape index (κ3) is 5.43. The van der Waals surface area contributed by atoms with Crippen LogP contribution >= 0.6 is 11.8 Å². The maximum atomic E-state index is 12.7.